The zero-order valence-electron chi connectivity index (χ0n) is 29.4. The summed E-state index contributed by atoms with van der Waals surface area (Å²) in [5.41, 5.74) is 1.50. The summed E-state index contributed by atoms with van der Waals surface area (Å²) in [6.07, 6.45) is 19.9. The SMILES string of the molecule is CC.Cc1cc(C)n(-c2nc(-n3cccn3)nc(Nc3cnccn3)c2F)n1.Fc1c(Nc2cnccn2)nc(-n2cccn2)nc1NC1CCCC1. The first-order chi connectivity index (χ1) is 25.9. The van der Waals surface area contributed by atoms with Crippen LogP contribution < -0.4 is 16.0 Å². The molecular weight excluding hydrogens is 684 g/mol. The molecule has 7 heterocycles. The first-order valence-corrected chi connectivity index (χ1v) is 16.9. The minimum Gasteiger partial charge on any atom is -0.365 e. The maximum Gasteiger partial charge on any atom is 0.254 e. The lowest BCUT2D eigenvalue weighted by molar-refractivity contribution is 0.589. The predicted octanol–water partition coefficient (Wildman–Crippen LogP) is 5.85. The summed E-state index contributed by atoms with van der Waals surface area (Å²) in [7, 11) is 0. The first-order valence-electron chi connectivity index (χ1n) is 16.9. The van der Waals surface area contributed by atoms with Crippen LogP contribution in [0, 0.1) is 25.5 Å². The van der Waals surface area contributed by atoms with Gasteiger partial charge in [-0.05, 0) is 44.9 Å². The molecule has 1 aliphatic carbocycles. The van der Waals surface area contributed by atoms with Crippen molar-refractivity contribution in [1.82, 2.24) is 69.2 Å². The van der Waals surface area contributed by atoms with Crippen LogP contribution in [0.15, 0.2) is 80.2 Å². The van der Waals surface area contributed by atoms with E-state index in [0.717, 1.165) is 37.1 Å². The van der Waals surface area contributed by atoms with Crippen LogP contribution in [0.4, 0.5) is 37.9 Å². The summed E-state index contributed by atoms with van der Waals surface area (Å²) in [6, 6.07) is 5.54. The number of nitrogens with zero attached hydrogens (tertiary/aromatic N) is 14. The van der Waals surface area contributed by atoms with E-state index in [0.29, 0.717) is 11.6 Å². The highest BCUT2D eigenvalue weighted by atomic mass is 19.1. The van der Waals surface area contributed by atoms with Crippen molar-refractivity contribution in [2.45, 2.75) is 59.4 Å². The molecule has 0 unspecified atom stereocenters. The Morgan fingerprint density at radius 2 is 1.23 bits per heavy atom. The summed E-state index contributed by atoms with van der Waals surface area (Å²) in [6.45, 7) is 7.65. The van der Waals surface area contributed by atoms with Gasteiger partial charge >= 0.3 is 0 Å². The third-order valence-electron chi connectivity index (χ3n) is 7.61. The van der Waals surface area contributed by atoms with E-state index in [1.54, 1.807) is 43.1 Å². The van der Waals surface area contributed by atoms with Gasteiger partial charge < -0.3 is 16.0 Å². The van der Waals surface area contributed by atoms with Gasteiger partial charge in [-0.1, -0.05) is 26.7 Å². The second kappa shape index (κ2) is 16.9. The zero-order valence-corrected chi connectivity index (χ0v) is 29.4. The Morgan fingerprint density at radius 3 is 1.72 bits per heavy atom. The molecule has 0 spiro atoms. The Hall–Kier alpha value is -6.79. The van der Waals surface area contributed by atoms with Crippen LogP contribution in [0.1, 0.15) is 50.9 Å². The van der Waals surface area contributed by atoms with Gasteiger partial charge in [0.25, 0.3) is 11.9 Å². The minimum atomic E-state index is -0.655. The molecule has 0 aromatic carbocycles. The van der Waals surface area contributed by atoms with Gasteiger partial charge in [0, 0.05) is 61.3 Å². The maximum atomic E-state index is 15.1. The Kier molecular flexibility index (Phi) is 11.5. The second-order valence-electron chi connectivity index (χ2n) is 11.3. The van der Waals surface area contributed by atoms with E-state index in [1.165, 1.54) is 45.0 Å². The number of halogens is 2. The normalized spacial score (nSPS) is 12.3. The fourth-order valence-electron chi connectivity index (χ4n) is 5.32. The summed E-state index contributed by atoms with van der Waals surface area (Å²) >= 11 is 0. The van der Waals surface area contributed by atoms with Crippen molar-refractivity contribution in [2.24, 2.45) is 0 Å². The van der Waals surface area contributed by atoms with Crippen molar-refractivity contribution in [1.29, 1.82) is 0 Å². The first kappa shape index (κ1) is 36.0. The largest absolute Gasteiger partial charge is 0.365 e. The van der Waals surface area contributed by atoms with Crippen molar-refractivity contribution in [2.75, 3.05) is 16.0 Å². The van der Waals surface area contributed by atoms with Crippen molar-refractivity contribution < 1.29 is 8.78 Å². The van der Waals surface area contributed by atoms with Crippen LogP contribution in [0.3, 0.4) is 0 Å². The van der Waals surface area contributed by atoms with E-state index < -0.39 is 11.6 Å². The third-order valence-corrected chi connectivity index (χ3v) is 7.61. The Morgan fingerprint density at radius 1 is 0.679 bits per heavy atom. The van der Waals surface area contributed by atoms with E-state index in [-0.39, 0.29) is 41.2 Å². The van der Waals surface area contributed by atoms with Crippen LogP contribution in [0.2, 0.25) is 0 Å². The van der Waals surface area contributed by atoms with Gasteiger partial charge in [-0.3, -0.25) is 9.97 Å². The lowest BCUT2D eigenvalue weighted by atomic mass is 10.2. The monoisotopic (exact) mass is 721 g/mol. The molecule has 272 valence electrons. The highest BCUT2D eigenvalue weighted by Crippen LogP contribution is 2.27. The van der Waals surface area contributed by atoms with Crippen molar-refractivity contribution in [3.63, 3.8) is 0 Å². The van der Waals surface area contributed by atoms with Crippen molar-refractivity contribution in [3.8, 4) is 17.7 Å². The number of aryl methyl sites for hydroxylation is 2. The predicted molar refractivity (Wildman–Crippen MR) is 193 cm³/mol. The van der Waals surface area contributed by atoms with Crippen molar-refractivity contribution in [3.05, 3.63) is 103 Å². The molecule has 1 aliphatic rings. The van der Waals surface area contributed by atoms with Gasteiger partial charge in [-0.2, -0.15) is 44.0 Å². The molecule has 7 aromatic heterocycles. The summed E-state index contributed by atoms with van der Waals surface area (Å²) in [4.78, 5) is 33.2. The molecule has 17 nitrogen and oxygen atoms in total. The smallest absolute Gasteiger partial charge is 0.254 e. The fourth-order valence-corrected chi connectivity index (χ4v) is 5.32. The van der Waals surface area contributed by atoms with E-state index in [4.69, 9.17) is 0 Å². The molecule has 19 heteroatoms. The molecule has 0 amide bonds. The van der Waals surface area contributed by atoms with E-state index >= 15 is 4.39 Å². The molecule has 53 heavy (non-hydrogen) atoms. The van der Waals surface area contributed by atoms with Crippen molar-refractivity contribution >= 4 is 29.1 Å². The second-order valence-corrected chi connectivity index (χ2v) is 11.3. The van der Waals surface area contributed by atoms with Gasteiger partial charge in [-0.25, -0.2) is 24.0 Å². The van der Waals surface area contributed by atoms with Gasteiger partial charge in [0.05, 0.1) is 18.1 Å². The van der Waals surface area contributed by atoms with Crippen LogP contribution in [-0.2, 0) is 0 Å². The van der Waals surface area contributed by atoms with Gasteiger partial charge in [0.1, 0.15) is 11.6 Å². The lowest BCUT2D eigenvalue weighted by Gasteiger charge is -2.16. The standard InChI is InChI=1S/C16H14FN9.C16H17FN8.C2H6/c1-10-8-11(2)26(24-10)15-13(17)14(21-12-9-18-5-6-19-12)22-16(23-15)25-7-3-4-20-25;17-13-14(21-11-4-1-2-5-11)23-16(25-9-3-6-20-25)24-15(13)22-12-10-18-7-8-19-12;1-2/h3-9H,1-2H3,(H,19,21,22,23);3,6-11H,1-2,4-5H2,(H2,19,21,22,23,24);1-2H3. The van der Waals surface area contributed by atoms with Gasteiger partial charge in [0.2, 0.25) is 11.6 Å². The number of hydrogen-bond donors (Lipinski definition) is 3. The van der Waals surface area contributed by atoms with Gasteiger partial charge in [0.15, 0.2) is 23.3 Å². The third kappa shape index (κ3) is 8.75. The molecule has 0 aliphatic heterocycles. The lowest BCUT2D eigenvalue weighted by Crippen LogP contribution is -2.19. The molecule has 8 rings (SSSR count). The number of rotatable bonds is 9. The quantitative estimate of drug-likeness (QED) is 0.161. The Bertz CT molecular complexity index is 2190. The maximum absolute atomic E-state index is 15.1. The Labute approximate surface area is 303 Å². The van der Waals surface area contributed by atoms with Crippen LogP contribution in [0.25, 0.3) is 17.7 Å². The van der Waals surface area contributed by atoms with Crippen LogP contribution >= 0.6 is 0 Å². The van der Waals surface area contributed by atoms with E-state index in [9.17, 15) is 4.39 Å². The number of nitrogens with one attached hydrogen (secondary N) is 3. The minimum absolute atomic E-state index is 0.0162. The average Bonchev–Trinajstić information content (AvgIpc) is 4.03. The molecule has 1 fully saturated rings. The molecule has 7 aromatic rings. The van der Waals surface area contributed by atoms with E-state index in [2.05, 4.69) is 71.1 Å². The molecular formula is C34H37F2N17. The summed E-state index contributed by atoms with van der Waals surface area (Å²) < 4.78 is 34.4. The van der Waals surface area contributed by atoms with E-state index in [1.807, 2.05) is 33.8 Å². The number of anilines is 5. The van der Waals surface area contributed by atoms with Crippen LogP contribution in [-0.4, -0.2) is 75.3 Å². The Balaban J connectivity index is 0.000000173. The highest BCUT2D eigenvalue weighted by molar-refractivity contribution is 5.59. The molecule has 0 atom stereocenters. The zero-order chi connectivity index (χ0) is 37.2. The average molecular weight is 722 g/mol. The highest BCUT2D eigenvalue weighted by Gasteiger charge is 2.22. The molecule has 1 saturated carbocycles. The van der Waals surface area contributed by atoms with Gasteiger partial charge in [-0.15, -0.1) is 0 Å². The number of hydrogen-bond acceptors (Lipinski definition) is 14. The van der Waals surface area contributed by atoms with Crippen LogP contribution in [0.5, 0.6) is 0 Å². The molecule has 0 saturated heterocycles. The number of aromatic nitrogens is 14. The molecule has 0 bridgehead atoms. The summed E-state index contributed by atoms with van der Waals surface area (Å²) in [5.74, 6) is 0.195. The summed E-state index contributed by atoms with van der Waals surface area (Å²) in [5, 5.41) is 21.4. The fraction of sp³-hybridized carbons (Fsp3) is 0.265. The molecule has 0 radical (unpaired) electrons. The topological polar surface area (TPSA) is 193 Å². The molecule has 3 N–H and O–H groups in total.